The molecule has 70 valence electrons. The summed E-state index contributed by atoms with van der Waals surface area (Å²) in [6.45, 7) is -0.941. The summed E-state index contributed by atoms with van der Waals surface area (Å²) in [4.78, 5) is 4.10. The third-order valence-corrected chi connectivity index (χ3v) is 0.938. The van der Waals surface area contributed by atoms with E-state index in [0.717, 1.165) is 0 Å². The highest BCUT2D eigenvalue weighted by atomic mass is 19.4. The summed E-state index contributed by atoms with van der Waals surface area (Å²) in [7, 11) is 0. The highest BCUT2D eigenvalue weighted by Gasteiger charge is 2.27. The molecule has 0 amide bonds. The maximum atomic E-state index is 11.4. The van der Waals surface area contributed by atoms with Crippen molar-refractivity contribution in [3.05, 3.63) is 0 Å². The van der Waals surface area contributed by atoms with Crippen LogP contribution in [0.5, 0.6) is 0 Å². The van der Waals surface area contributed by atoms with Crippen molar-refractivity contribution in [3.8, 4) is 12.3 Å². The maximum absolute atomic E-state index is 11.4. The van der Waals surface area contributed by atoms with Crippen LogP contribution in [-0.2, 0) is 4.84 Å². The van der Waals surface area contributed by atoms with Crippen LogP contribution in [0.4, 0.5) is 13.2 Å². The lowest BCUT2D eigenvalue weighted by molar-refractivity contribution is -0.189. The average molecular weight is 181 g/mol. The van der Waals surface area contributed by atoms with Crippen LogP contribution in [0.1, 0.15) is 12.8 Å². The van der Waals surface area contributed by atoms with E-state index in [4.69, 9.17) is 6.42 Å². The zero-order valence-electron chi connectivity index (χ0n) is 6.45. The molecule has 5 heteroatoms. The van der Waals surface area contributed by atoms with Crippen molar-refractivity contribution >= 4 is 0 Å². The van der Waals surface area contributed by atoms with Gasteiger partial charge in [0.2, 0.25) is 0 Å². The van der Waals surface area contributed by atoms with Crippen LogP contribution in [0.3, 0.4) is 0 Å². The molecule has 0 unspecified atom stereocenters. The van der Waals surface area contributed by atoms with E-state index < -0.39 is 12.8 Å². The number of unbranched alkanes of at least 4 members (excludes halogenated alkanes) is 1. The van der Waals surface area contributed by atoms with Crippen LogP contribution in [0.25, 0.3) is 0 Å². The molecule has 0 aromatic carbocycles. The first-order valence-electron chi connectivity index (χ1n) is 3.41. The number of alkyl halides is 3. The van der Waals surface area contributed by atoms with Gasteiger partial charge in [-0.05, 0) is 6.42 Å². The van der Waals surface area contributed by atoms with E-state index in [1.165, 1.54) is 0 Å². The first kappa shape index (κ1) is 11.3. The van der Waals surface area contributed by atoms with Gasteiger partial charge >= 0.3 is 6.18 Å². The SMILES string of the molecule is C#CCCCNOCC(F)(F)F. The molecule has 1 N–H and O–H groups in total. The van der Waals surface area contributed by atoms with Gasteiger partial charge in [0.15, 0.2) is 6.61 Å². The molecule has 0 aliphatic rings. The number of nitrogens with one attached hydrogen (secondary N) is 1. The van der Waals surface area contributed by atoms with Gasteiger partial charge in [0.25, 0.3) is 0 Å². The van der Waals surface area contributed by atoms with Gasteiger partial charge in [-0.25, -0.2) is 5.48 Å². The Hall–Kier alpha value is -0.730. The molecule has 0 fully saturated rings. The van der Waals surface area contributed by atoms with Gasteiger partial charge in [-0.2, -0.15) is 13.2 Å². The zero-order valence-corrected chi connectivity index (χ0v) is 6.45. The molecule has 0 saturated carbocycles. The summed E-state index contributed by atoms with van der Waals surface area (Å²) in [5.41, 5.74) is 2.16. The van der Waals surface area contributed by atoms with E-state index in [0.29, 0.717) is 19.4 Å². The molecule has 0 saturated heterocycles. The van der Waals surface area contributed by atoms with E-state index in [-0.39, 0.29) is 0 Å². The van der Waals surface area contributed by atoms with Gasteiger partial charge in [0.05, 0.1) is 0 Å². The number of hydrogen-bond acceptors (Lipinski definition) is 2. The molecule has 0 heterocycles. The molecule has 0 aromatic heterocycles. The lowest BCUT2D eigenvalue weighted by atomic mass is 10.3. The molecule has 0 aliphatic carbocycles. The van der Waals surface area contributed by atoms with Crippen molar-refractivity contribution in [3.63, 3.8) is 0 Å². The third-order valence-electron chi connectivity index (χ3n) is 0.938. The van der Waals surface area contributed by atoms with E-state index in [2.05, 4.69) is 16.2 Å². The number of hydrogen-bond donors (Lipinski definition) is 1. The Kier molecular flexibility index (Phi) is 5.51. The van der Waals surface area contributed by atoms with Gasteiger partial charge in [-0.1, -0.05) is 0 Å². The highest BCUT2D eigenvalue weighted by Crippen LogP contribution is 2.13. The smallest absolute Gasteiger partial charge is 0.292 e. The van der Waals surface area contributed by atoms with Gasteiger partial charge < -0.3 is 0 Å². The molecule has 0 rings (SSSR count). The summed E-state index contributed by atoms with van der Waals surface area (Å²) in [6.07, 6.45) is 1.77. The third kappa shape index (κ3) is 9.27. The number of rotatable bonds is 5. The topological polar surface area (TPSA) is 21.3 Å². The van der Waals surface area contributed by atoms with E-state index >= 15 is 0 Å². The molecule has 0 aromatic rings. The largest absolute Gasteiger partial charge is 0.413 e. The van der Waals surface area contributed by atoms with E-state index in [9.17, 15) is 13.2 Å². The van der Waals surface area contributed by atoms with E-state index in [1.807, 2.05) is 0 Å². The number of terminal acetylenes is 1. The summed E-state index contributed by atoms with van der Waals surface area (Å²) in [5.74, 6) is 2.36. The highest BCUT2D eigenvalue weighted by molar-refractivity contribution is 4.82. The first-order valence-corrected chi connectivity index (χ1v) is 3.41. The summed E-state index contributed by atoms with van der Waals surface area (Å²) < 4.78 is 34.3. The monoisotopic (exact) mass is 181 g/mol. The Morgan fingerprint density at radius 1 is 1.42 bits per heavy atom. The van der Waals surface area contributed by atoms with Gasteiger partial charge in [-0.15, -0.1) is 12.3 Å². The van der Waals surface area contributed by atoms with Crippen LogP contribution < -0.4 is 5.48 Å². The van der Waals surface area contributed by atoms with Crippen LogP contribution >= 0.6 is 0 Å². The average Bonchev–Trinajstić information content (AvgIpc) is 1.94. The first-order chi connectivity index (χ1) is 5.56. The Bertz CT molecular complexity index is 150. The van der Waals surface area contributed by atoms with Gasteiger partial charge in [-0.3, -0.25) is 4.84 Å². The predicted octanol–water partition coefficient (Wildman–Crippen LogP) is 1.48. The van der Waals surface area contributed by atoms with Crippen molar-refractivity contribution in [1.29, 1.82) is 0 Å². The molecule has 2 nitrogen and oxygen atoms in total. The summed E-state index contributed by atoms with van der Waals surface area (Å²) >= 11 is 0. The van der Waals surface area contributed by atoms with Crippen molar-refractivity contribution in [2.24, 2.45) is 0 Å². The zero-order chi connectivity index (χ0) is 9.45. The summed E-state index contributed by atoms with van der Waals surface area (Å²) in [5, 5.41) is 0. The fraction of sp³-hybridized carbons (Fsp3) is 0.714. The second kappa shape index (κ2) is 5.86. The molecular formula is C7H10F3NO. The molecule has 0 bridgehead atoms. The molecule has 12 heavy (non-hydrogen) atoms. The quantitative estimate of drug-likeness (QED) is 0.394. The van der Waals surface area contributed by atoms with Crippen molar-refractivity contribution in [1.82, 2.24) is 5.48 Å². The minimum atomic E-state index is -4.28. The standard InChI is InChI=1S/C7H10F3NO/c1-2-3-4-5-11-12-6-7(8,9)10/h1,11H,3-6H2. The molecule has 0 spiro atoms. The summed E-state index contributed by atoms with van der Waals surface area (Å²) in [6, 6.07) is 0. The minimum Gasteiger partial charge on any atom is -0.292 e. The number of halogens is 3. The lowest BCUT2D eigenvalue weighted by Gasteiger charge is -2.07. The Labute approximate surface area is 69.0 Å². The normalized spacial score (nSPS) is 11.2. The van der Waals surface area contributed by atoms with Gasteiger partial charge in [0.1, 0.15) is 0 Å². The predicted molar refractivity (Wildman–Crippen MR) is 38.1 cm³/mol. The fourth-order valence-corrected chi connectivity index (χ4v) is 0.468. The maximum Gasteiger partial charge on any atom is 0.413 e. The van der Waals surface area contributed by atoms with E-state index in [1.54, 1.807) is 0 Å². The Morgan fingerprint density at radius 3 is 2.58 bits per heavy atom. The van der Waals surface area contributed by atoms with Crippen molar-refractivity contribution in [2.75, 3.05) is 13.2 Å². The minimum absolute atomic E-state index is 0.334. The second-order valence-corrected chi connectivity index (χ2v) is 2.11. The molecule has 0 radical (unpaired) electrons. The fourth-order valence-electron chi connectivity index (χ4n) is 0.468. The Balaban J connectivity index is 3.07. The van der Waals surface area contributed by atoms with Crippen LogP contribution in [0, 0.1) is 12.3 Å². The lowest BCUT2D eigenvalue weighted by Crippen LogP contribution is -2.25. The van der Waals surface area contributed by atoms with Crippen molar-refractivity contribution < 1.29 is 18.0 Å². The van der Waals surface area contributed by atoms with Gasteiger partial charge in [0, 0.05) is 13.0 Å². The molecule has 0 aliphatic heterocycles. The number of hydroxylamine groups is 1. The van der Waals surface area contributed by atoms with Crippen molar-refractivity contribution in [2.45, 2.75) is 19.0 Å². The van der Waals surface area contributed by atoms with Crippen LogP contribution in [-0.4, -0.2) is 19.3 Å². The van der Waals surface area contributed by atoms with Crippen LogP contribution in [0.15, 0.2) is 0 Å². The second-order valence-electron chi connectivity index (χ2n) is 2.11. The van der Waals surface area contributed by atoms with Crippen LogP contribution in [0.2, 0.25) is 0 Å². The Morgan fingerprint density at radius 2 is 2.08 bits per heavy atom. The molecule has 0 atom stereocenters. The molecular weight excluding hydrogens is 171 g/mol.